The van der Waals surface area contributed by atoms with E-state index in [0.29, 0.717) is 15.7 Å². The molecule has 0 amide bonds. The smallest absolute Gasteiger partial charge is 0.0618 e. The molecule has 2 rings (SSSR count). The summed E-state index contributed by atoms with van der Waals surface area (Å²) >= 11 is 12.1. The maximum absolute atomic E-state index is 6.12. The third kappa shape index (κ3) is 3.59. The molecular weight excluding hydrogens is 291 g/mol. The highest BCUT2D eigenvalue weighted by Gasteiger charge is 2.12. The molecule has 0 aliphatic carbocycles. The molecule has 0 aliphatic heterocycles. The summed E-state index contributed by atoms with van der Waals surface area (Å²) in [6, 6.07) is 13.9. The summed E-state index contributed by atoms with van der Waals surface area (Å²) in [5.41, 5.74) is 8.92. The second-order valence-corrected chi connectivity index (χ2v) is 5.55. The van der Waals surface area contributed by atoms with E-state index >= 15 is 0 Å². The van der Waals surface area contributed by atoms with Gasteiger partial charge in [-0.1, -0.05) is 60.5 Å². The van der Waals surface area contributed by atoms with Crippen LogP contribution in [0.1, 0.15) is 18.9 Å². The summed E-state index contributed by atoms with van der Waals surface area (Å²) in [4.78, 5) is 2.23. The molecular formula is C16H18Cl2N2. The van der Waals surface area contributed by atoms with Crippen molar-refractivity contribution in [3.8, 4) is 0 Å². The summed E-state index contributed by atoms with van der Waals surface area (Å²) in [5.74, 6) is 0. The van der Waals surface area contributed by atoms with E-state index in [9.17, 15) is 0 Å². The standard InChI is InChI=1S/C16H18Cl2N2/c1-2-8-20(11-12-6-4-3-5-7-12)16-10-14(18)13(17)9-15(16)19/h3-7,9-10H,2,8,11,19H2,1H3. The highest BCUT2D eigenvalue weighted by Crippen LogP contribution is 2.33. The van der Waals surface area contributed by atoms with Crippen molar-refractivity contribution in [2.24, 2.45) is 0 Å². The molecule has 20 heavy (non-hydrogen) atoms. The number of hydrogen-bond donors (Lipinski definition) is 1. The van der Waals surface area contributed by atoms with Gasteiger partial charge in [0.15, 0.2) is 0 Å². The Labute approximate surface area is 130 Å². The molecule has 106 valence electrons. The molecule has 0 radical (unpaired) electrons. The molecule has 2 N–H and O–H groups in total. The lowest BCUT2D eigenvalue weighted by Crippen LogP contribution is -2.24. The Bertz CT molecular complexity index is 570. The van der Waals surface area contributed by atoms with E-state index in [1.807, 2.05) is 24.3 Å². The predicted molar refractivity (Wildman–Crippen MR) is 88.7 cm³/mol. The minimum Gasteiger partial charge on any atom is -0.397 e. The summed E-state index contributed by atoms with van der Waals surface area (Å²) in [7, 11) is 0. The number of halogens is 2. The van der Waals surface area contributed by atoms with Crippen LogP contribution in [0.5, 0.6) is 0 Å². The molecule has 0 spiro atoms. The lowest BCUT2D eigenvalue weighted by molar-refractivity contribution is 0.768. The fourth-order valence-corrected chi connectivity index (χ4v) is 2.51. The van der Waals surface area contributed by atoms with E-state index in [-0.39, 0.29) is 0 Å². The van der Waals surface area contributed by atoms with Crippen LogP contribution in [0.3, 0.4) is 0 Å². The van der Waals surface area contributed by atoms with Gasteiger partial charge in [0.2, 0.25) is 0 Å². The quantitative estimate of drug-likeness (QED) is 0.788. The number of hydrogen-bond acceptors (Lipinski definition) is 2. The molecule has 0 saturated carbocycles. The molecule has 0 bridgehead atoms. The van der Waals surface area contributed by atoms with Crippen molar-refractivity contribution in [2.45, 2.75) is 19.9 Å². The van der Waals surface area contributed by atoms with Crippen molar-refractivity contribution in [1.29, 1.82) is 0 Å². The Kier molecular flexibility index (Phi) is 5.16. The van der Waals surface area contributed by atoms with Gasteiger partial charge in [-0.05, 0) is 24.1 Å². The zero-order chi connectivity index (χ0) is 14.5. The van der Waals surface area contributed by atoms with Crippen molar-refractivity contribution in [3.05, 3.63) is 58.1 Å². The number of anilines is 2. The average Bonchev–Trinajstić information content (AvgIpc) is 2.44. The first-order valence-corrected chi connectivity index (χ1v) is 7.40. The molecule has 0 saturated heterocycles. The molecule has 2 nitrogen and oxygen atoms in total. The molecule has 0 atom stereocenters. The number of nitrogens with zero attached hydrogens (tertiary/aromatic N) is 1. The van der Waals surface area contributed by atoms with E-state index in [1.165, 1.54) is 5.56 Å². The minimum absolute atomic E-state index is 0.490. The van der Waals surface area contributed by atoms with Crippen LogP contribution >= 0.6 is 23.2 Å². The first-order valence-electron chi connectivity index (χ1n) is 6.65. The van der Waals surface area contributed by atoms with Crippen LogP contribution in [0.4, 0.5) is 11.4 Å². The summed E-state index contributed by atoms with van der Waals surface area (Å²) in [5, 5.41) is 1.02. The Morgan fingerprint density at radius 3 is 2.35 bits per heavy atom. The van der Waals surface area contributed by atoms with Crippen LogP contribution in [0.25, 0.3) is 0 Å². The van der Waals surface area contributed by atoms with Crippen LogP contribution in [0, 0.1) is 0 Å². The molecule has 0 unspecified atom stereocenters. The van der Waals surface area contributed by atoms with Gasteiger partial charge in [0.05, 0.1) is 21.4 Å². The number of nitrogen functional groups attached to an aromatic ring is 1. The number of nitrogens with two attached hydrogens (primary N) is 1. The Balaban J connectivity index is 2.31. The first-order chi connectivity index (χ1) is 9.61. The van der Waals surface area contributed by atoms with Gasteiger partial charge < -0.3 is 10.6 Å². The molecule has 0 fully saturated rings. The van der Waals surface area contributed by atoms with Gasteiger partial charge in [-0.2, -0.15) is 0 Å². The third-order valence-corrected chi connectivity index (χ3v) is 3.84. The van der Waals surface area contributed by atoms with E-state index in [1.54, 1.807) is 6.07 Å². The van der Waals surface area contributed by atoms with Crippen molar-refractivity contribution < 1.29 is 0 Å². The lowest BCUT2D eigenvalue weighted by atomic mass is 10.1. The maximum Gasteiger partial charge on any atom is 0.0618 e. The number of rotatable bonds is 5. The molecule has 4 heteroatoms. The van der Waals surface area contributed by atoms with Gasteiger partial charge in [-0.15, -0.1) is 0 Å². The summed E-state index contributed by atoms with van der Waals surface area (Å²) in [6.45, 7) is 3.86. The summed E-state index contributed by atoms with van der Waals surface area (Å²) < 4.78 is 0. The SMILES string of the molecule is CCCN(Cc1ccccc1)c1cc(Cl)c(Cl)cc1N. The van der Waals surface area contributed by atoms with Gasteiger partial charge in [-0.25, -0.2) is 0 Å². The third-order valence-electron chi connectivity index (χ3n) is 3.12. The Morgan fingerprint density at radius 2 is 1.70 bits per heavy atom. The van der Waals surface area contributed by atoms with Crippen LogP contribution < -0.4 is 10.6 Å². The first kappa shape index (κ1) is 15.0. The number of benzene rings is 2. The van der Waals surface area contributed by atoms with E-state index in [2.05, 4.69) is 24.0 Å². The fraction of sp³-hybridized carbons (Fsp3) is 0.250. The normalized spacial score (nSPS) is 10.6. The van der Waals surface area contributed by atoms with Crippen LogP contribution in [-0.4, -0.2) is 6.54 Å². The van der Waals surface area contributed by atoms with Gasteiger partial charge in [0.25, 0.3) is 0 Å². The van der Waals surface area contributed by atoms with Gasteiger partial charge in [-0.3, -0.25) is 0 Å². The van der Waals surface area contributed by atoms with Gasteiger partial charge >= 0.3 is 0 Å². The van der Waals surface area contributed by atoms with Crippen molar-refractivity contribution in [1.82, 2.24) is 0 Å². The van der Waals surface area contributed by atoms with Crippen molar-refractivity contribution >= 4 is 34.6 Å². The Morgan fingerprint density at radius 1 is 1.05 bits per heavy atom. The Hall–Kier alpha value is -1.38. The van der Waals surface area contributed by atoms with Gasteiger partial charge in [0.1, 0.15) is 0 Å². The molecule has 2 aromatic rings. The minimum atomic E-state index is 0.490. The van der Waals surface area contributed by atoms with Crippen LogP contribution in [-0.2, 0) is 6.54 Å². The molecule has 2 aromatic carbocycles. The maximum atomic E-state index is 6.12. The topological polar surface area (TPSA) is 29.3 Å². The predicted octanol–water partition coefficient (Wildman–Crippen LogP) is 4.99. The molecule has 0 aromatic heterocycles. The highest BCUT2D eigenvalue weighted by atomic mass is 35.5. The van der Waals surface area contributed by atoms with Crippen LogP contribution in [0.2, 0.25) is 10.0 Å². The van der Waals surface area contributed by atoms with Crippen LogP contribution in [0.15, 0.2) is 42.5 Å². The monoisotopic (exact) mass is 308 g/mol. The lowest BCUT2D eigenvalue weighted by Gasteiger charge is -2.26. The second-order valence-electron chi connectivity index (χ2n) is 4.73. The van der Waals surface area contributed by atoms with Gasteiger partial charge in [0, 0.05) is 13.1 Å². The van der Waals surface area contributed by atoms with E-state index < -0.39 is 0 Å². The zero-order valence-corrected chi connectivity index (χ0v) is 13.0. The zero-order valence-electron chi connectivity index (χ0n) is 11.4. The highest BCUT2D eigenvalue weighted by molar-refractivity contribution is 6.42. The molecule has 0 heterocycles. The fourth-order valence-electron chi connectivity index (χ4n) is 2.18. The van der Waals surface area contributed by atoms with E-state index in [0.717, 1.165) is 25.2 Å². The van der Waals surface area contributed by atoms with Crippen molar-refractivity contribution in [2.75, 3.05) is 17.2 Å². The average molecular weight is 309 g/mol. The van der Waals surface area contributed by atoms with E-state index in [4.69, 9.17) is 28.9 Å². The largest absolute Gasteiger partial charge is 0.397 e. The van der Waals surface area contributed by atoms with Crippen molar-refractivity contribution in [3.63, 3.8) is 0 Å². The summed E-state index contributed by atoms with van der Waals surface area (Å²) in [6.07, 6.45) is 1.03. The second kappa shape index (κ2) is 6.87. The molecule has 0 aliphatic rings.